The molecule has 1 aliphatic rings. The lowest BCUT2D eigenvalue weighted by Gasteiger charge is -2.33. The van der Waals surface area contributed by atoms with Gasteiger partial charge in [-0.25, -0.2) is 4.39 Å². The molecule has 3 aromatic carbocycles. The molecule has 7 heteroatoms. The number of phenolic OH excluding ortho intramolecular Hbond substituents is 1. The maximum atomic E-state index is 14.1. The van der Waals surface area contributed by atoms with Crippen LogP contribution in [0.5, 0.6) is 5.75 Å². The van der Waals surface area contributed by atoms with Gasteiger partial charge < -0.3 is 15.4 Å². The number of amides is 2. The van der Waals surface area contributed by atoms with Crippen LogP contribution in [0.25, 0.3) is 11.3 Å². The number of carbonyl (C=O) groups excluding carboxylic acids is 2. The van der Waals surface area contributed by atoms with Gasteiger partial charge in [-0.15, -0.1) is 0 Å². The van der Waals surface area contributed by atoms with Crippen molar-refractivity contribution in [3.63, 3.8) is 0 Å². The largest absolute Gasteiger partial charge is 0.508 e. The number of hydrogen-bond donors (Lipinski definition) is 3. The summed E-state index contributed by atoms with van der Waals surface area (Å²) in [4.78, 5) is 32.6. The first-order valence-corrected chi connectivity index (χ1v) is 12.9. The van der Waals surface area contributed by atoms with Gasteiger partial charge in [0.1, 0.15) is 23.3 Å². The van der Waals surface area contributed by atoms with E-state index in [2.05, 4.69) is 10.3 Å². The SMILES string of the molecule is O=C(NC1CCCCC1)[C@H](c1ccc(F)cc1)N(C(=O)c1ccc(-c2ccccc2)[nH]1)c1cccc(O)c1. The highest BCUT2D eigenvalue weighted by atomic mass is 19.1. The molecule has 1 aliphatic carbocycles. The van der Waals surface area contributed by atoms with Crippen LogP contribution in [0.4, 0.5) is 10.1 Å². The van der Waals surface area contributed by atoms with Crippen molar-refractivity contribution in [2.45, 2.75) is 44.2 Å². The number of hydrogen-bond acceptors (Lipinski definition) is 3. The second-order valence-electron chi connectivity index (χ2n) is 9.64. The minimum atomic E-state index is -1.09. The summed E-state index contributed by atoms with van der Waals surface area (Å²) in [6.45, 7) is 0. The highest BCUT2D eigenvalue weighted by molar-refractivity contribution is 6.09. The van der Waals surface area contributed by atoms with E-state index in [4.69, 9.17) is 0 Å². The summed E-state index contributed by atoms with van der Waals surface area (Å²) in [5.74, 6) is -1.28. The Morgan fingerprint density at radius 1 is 0.895 bits per heavy atom. The van der Waals surface area contributed by atoms with E-state index in [1.165, 1.54) is 41.3 Å². The molecule has 0 saturated heterocycles. The third-order valence-electron chi connectivity index (χ3n) is 6.97. The minimum absolute atomic E-state index is 0.00972. The van der Waals surface area contributed by atoms with Crippen LogP contribution in [0.1, 0.15) is 54.2 Å². The summed E-state index contributed by atoms with van der Waals surface area (Å²) in [6.07, 6.45) is 4.95. The summed E-state index contributed by atoms with van der Waals surface area (Å²) in [5.41, 5.74) is 2.77. The molecule has 2 amide bonds. The molecule has 38 heavy (non-hydrogen) atoms. The van der Waals surface area contributed by atoms with Crippen LogP contribution in [0.2, 0.25) is 0 Å². The fourth-order valence-corrected chi connectivity index (χ4v) is 5.05. The van der Waals surface area contributed by atoms with Gasteiger partial charge >= 0.3 is 0 Å². The van der Waals surface area contributed by atoms with Crippen LogP contribution in [-0.2, 0) is 4.79 Å². The lowest BCUT2D eigenvalue weighted by molar-refractivity contribution is -0.123. The zero-order valence-electron chi connectivity index (χ0n) is 20.9. The van der Waals surface area contributed by atoms with Gasteiger partial charge in [-0.05, 0) is 60.4 Å². The van der Waals surface area contributed by atoms with E-state index >= 15 is 0 Å². The van der Waals surface area contributed by atoms with E-state index in [-0.39, 0.29) is 23.4 Å². The number of carbonyl (C=O) groups is 2. The monoisotopic (exact) mass is 511 g/mol. The molecule has 0 bridgehead atoms. The highest BCUT2D eigenvalue weighted by Gasteiger charge is 2.35. The Morgan fingerprint density at radius 3 is 2.34 bits per heavy atom. The Balaban J connectivity index is 1.57. The third-order valence-corrected chi connectivity index (χ3v) is 6.97. The second-order valence-corrected chi connectivity index (χ2v) is 9.64. The Bertz CT molecular complexity index is 1400. The van der Waals surface area contributed by atoms with Crippen molar-refractivity contribution in [3.8, 4) is 17.0 Å². The van der Waals surface area contributed by atoms with Gasteiger partial charge in [0.25, 0.3) is 5.91 Å². The first-order chi connectivity index (χ1) is 18.5. The van der Waals surface area contributed by atoms with E-state index in [0.717, 1.165) is 43.4 Å². The molecule has 0 aliphatic heterocycles. The van der Waals surface area contributed by atoms with Crippen molar-refractivity contribution < 1.29 is 19.1 Å². The van der Waals surface area contributed by atoms with Crippen molar-refractivity contribution in [1.29, 1.82) is 0 Å². The number of aromatic amines is 1. The van der Waals surface area contributed by atoms with E-state index in [0.29, 0.717) is 11.3 Å². The quantitative estimate of drug-likeness (QED) is 0.270. The first kappa shape index (κ1) is 25.3. The maximum Gasteiger partial charge on any atom is 0.275 e. The van der Waals surface area contributed by atoms with E-state index in [1.807, 2.05) is 36.4 Å². The Morgan fingerprint density at radius 2 is 1.63 bits per heavy atom. The lowest BCUT2D eigenvalue weighted by Crippen LogP contribution is -2.47. The second kappa shape index (κ2) is 11.3. The van der Waals surface area contributed by atoms with Gasteiger partial charge in [0, 0.05) is 23.5 Å². The number of H-pyrrole nitrogens is 1. The molecular weight excluding hydrogens is 481 g/mol. The van der Waals surface area contributed by atoms with E-state index in [1.54, 1.807) is 18.2 Å². The molecule has 1 aromatic heterocycles. The number of aromatic hydroxyl groups is 1. The molecule has 0 radical (unpaired) electrons. The molecule has 1 atom stereocenters. The number of rotatable bonds is 7. The van der Waals surface area contributed by atoms with Crippen LogP contribution in [0.15, 0.2) is 91.0 Å². The van der Waals surface area contributed by atoms with Gasteiger partial charge in [0.15, 0.2) is 0 Å². The average Bonchev–Trinajstić information content (AvgIpc) is 3.44. The van der Waals surface area contributed by atoms with Gasteiger partial charge in [-0.3, -0.25) is 14.5 Å². The van der Waals surface area contributed by atoms with Gasteiger partial charge in [-0.2, -0.15) is 0 Å². The summed E-state index contributed by atoms with van der Waals surface area (Å²) in [6, 6.07) is 23.9. The Hall–Kier alpha value is -4.39. The number of halogens is 1. The van der Waals surface area contributed by atoms with Crippen molar-refractivity contribution >= 4 is 17.5 Å². The van der Waals surface area contributed by atoms with Gasteiger partial charge in [-0.1, -0.05) is 67.8 Å². The molecule has 5 rings (SSSR count). The maximum absolute atomic E-state index is 14.1. The van der Waals surface area contributed by atoms with Crippen molar-refractivity contribution in [3.05, 3.63) is 108 Å². The molecule has 4 aromatic rings. The molecule has 1 fully saturated rings. The molecule has 0 unspecified atom stereocenters. The predicted octanol–water partition coefficient (Wildman–Crippen LogP) is 6.36. The van der Waals surface area contributed by atoms with Crippen LogP contribution in [0.3, 0.4) is 0 Å². The molecule has 194 valence electrons. The fourth-order valence-electron chi connectivity index (χ4n) is 5.05. The topological polar surface area (TPSA) is 85.4 Å². The van der Waals surface area contributed by atoms with Gasteiger partial charge in [0.2, 0.25) is 5.91 Å². The van der Waals surface area contributed by atoms with E-state index in [9.17, 15) is 19.1 Å². The summed E-state index contributed by atoms with van der Waals surface area (Å²) < 4.78 is 13.9. The summed E-state index contributed by atoms with van der Waals surface area (Å²) in [7, 11) is 0. The van der Waals surface area contributed by atoms with Crippen molar-refractivity contribution in [2.75, 3.05) is 4.90 Å². The highest BCUT2D eigenvalue weighted by Crippen LogP contribution is 2.33. The lowest BCUT2D eigenvalue weighted by atomic mass is 9.94. The first-order valence-electron chi connectivity index (χ1n) is 12.9. The van der Waals surface area contributed by atoms with Crippen molar-refractivity contribution in [1.82, 2.24) is 10.3 Å². The van der Waals surface area contributed by atoms with Crippen LogP contribution in [0, 0.1) is 5.82 Å². The number of benzene rings is 3. The number of anilines is 1. The normalized spacial score (nSPS) is 14.6. The average molecular weight is 512 g/mol. The van der Waals surface area contributed by atoms with Crippen molar-refractivity contribution in [2.24, 2.45) is 0 Å². The molecule has 0 spiro atoms. The fraction of sp³-hybridized carbons (Fsp3) is 0.226. The predicted molar refractivity (Wildman–Crippen MR) is 145 cm³/mol. The Kier molecular flexibility index (Phi) is 7.54. The standard InChI is InChI=1S/C31H30FN3O3/c32-23-16-14-22(15-17-23)29(30(37)33-24-10-5-2-6-11-24)35(25-12-7-13-26(36)20-25)31(38)28-19-18-27(34-28)21-8-3-1-4-9-21/h1,3-4,7-9,12-20,24,29,34,36H,2,5-6,10-11H2,(H,33,37)/t29-/m0/s1. The number of aromatic nitrogens is 1. The molecule has 3 N–H and O–H groups in total. The molecular formula is C31H30FN3O3. The van der Waals surface area contributed by atoms with Crippen LogP contribution in [-0.4, -0.2) is 27.9 Å². The summed E-state index contributed by atoms with van der Waals surface area (Å²) in [5, 5.41) is 13.4. The minimum Gasteiger partial charge on any atom is -0.508 e. The summed E-state index contributed by atoms with van der Waals surface area (Å²) >= 11 is 0. The molecule has 1 saturated carbocycles. The zero-order valence-corrected chi connectivity index (χ0v) is 20.9. The molecule has 6 nitrogen and oxygen atoms in total. The smallest absolute Gasteiger partial charge is 0.275 e. The molecule has 1 heterocycles. The van der Waals surface area contributed by atoms with Crippen LogP contribution >= 0.6 is 0 Å². The number of phenols is 1. The number of nitrogens with zero attached hydrogens (tertiary/aromatic N) is 1. The number of nitrogens with one attached hydrogen (secondary N) is 2. The van der Waals surface area contributed by atoms with E-state index < -0.39 is 17.8 Å². The van der Waals surface area contributed by atoms with Crippen LogP contribution < -0.4 is 10.2 Å². The zero-order chi connectivity index (χ0) is 26.5. The third kappa shape index (κ3) is 5.62. The Labute approximate surface area is 221 Å². The van der Waals surface area contributed by atoms with Gasteiger partial charge in [0.05, 0.1) is 0 Å².